The third-order valence-electron chi connectivity index (χ3n) is 7.71. The van der Waals surface area contributed by atoms with E-state index in [0.29, 0.717) is 36.3 Å². The number of nitrogens with zero attached hydrogens (tertiary/aromatic N) is 4. The van der Waals surface area contributed by atoms with Crippen LogP contribution in [0.4, 0.5) is 0 Å². The summed E-state index contributed by atoms with van der Waals surface area (Å²) in [5.41, 5.74) is 0.611. The third-order valence-corrected chi connectivity index (χ3v) is 9.72. The second kappa shape index (κ2) is 6.56. The predicted molar refractivity (Wildman–Crippen MR) is 104 cm³/mol. The molecule has 6 rings (SSSR count). The maximum absolute atomic E-state index is 13.1. The molecule has 0 radical (unpaired) electrons. The lowest BCUT2D eigenvalue weighted by atomic mass is 9.54. The van der Waals surface area contributed by atoms with Crippen molar-refractivity contribution in [2.24, 2.45) is 23.7 Å². The molecule has 0 spiro atoms. The first kappa shape index (κ1) is 18.1. The predicted octanol–water partition coefficient (Wildman–Crippen LogP) is 2.34. The second-order valence-corrected chi connectivity index (χ2v) is 11.2. The van der Waals surface area contributed by atoms with Crippen LogP contribution in [0, 0.1) is 30.6 Å². The van der Waals surface area contributed by atoms with Crippen molar-refractivity contribution >= 4 is 10.0 Å². The van der Waals surface area contributed by atoms with Gasteiger partial charge in [0.2, 0.25) is 10.0 Å². The number of piperazine rings is 1. The Balaban J connectivity index is 1.28. The van der Waals surface area contributed by atoms with Gasteiger partial charge in [-0.2, -0.15) is 9.40 Å². The average Bonchev–Trinajstić information content (AvgIpc) is 3.03. The molecular formula is C20H32N4O2S. The lowest BCUT2D eigenvalue weighted by molar-refractivity contribution is -0.0720. The van der Waals surface area contributed by atoms with Crippen LogP contribution in [-0.2, 0) is 16.6 Å². The summed E-state index contributed by atoms with van der Waals surface area (Å²) in [5.74, 6) is 3.72. The zero-order valence-electron chi connectivity index (χ0n) is 16.5. The summed E-state index contributed by atoms with van der Waals surface area (Å²) in [7, 11) is -3.43. The molecule has 4 aliphatic carbocycles. The minimum Gasteiger partial charge on any atom is -0.297 e. The van der Waals surface area contributed by atoms with Crippen molar-refractivity contribution in [3.63, 3.8) is 0 Å². The van der Waals surface area contributed by atoms with Gasteiger partial charge in [0.1, 0.15) is 4.90 Å². The van der Waals surface area contributed by atoms with E-state index < -0.39 is 10.0 Å². The lowest BCUT2D eigenvalue weighted by Gasteiger charge is -2.58. The summed E-state index contributed by atoms with van der Waals surface area (Å²) in [6, 6.07) is 0.715. The van der Waals surface area contributed by atoms with Gasteiger partial charge in [0.25, 0.3) is 0 Å². The van der Waals surface area contributed by atoms with Crippen molar-refractivity contribution in [2.45, 2.75) is 63.4 Å². The van der Waals surface area contributed by atoms with Crippen LogP contribution in [0.3, 0.4) is 0 Å². The molecule has 0 atom stereocenters. The molecule has 27 heavy (non-hydrogen) atoms. The average molecular weight is 393 g/mol. The minimum absolute atomic E-state index is 0.382. The number of aryl methyl sites for hydroxylation is 2. The monoisotopic (exact) mass is 392 g/mol. The summed E-state index contributed by atoms with van der Waals surface area (Å²) >= 11 is 0. The number of sulfonamides is 1. The maximum Gasteiger partial charge on any atom is 0.246 e. The molecule has 1 saturated heterocycles. The van der Waals surface area contributed by atoms with E-state index in [0.717, 1.165) is 36.8 Å². The Morgan fingerprint density at radius 1 is 1.00 bits per heavy atom. The largest absolute Gasteiger partial charge is 0.297 e. The van der Waals surface area contributed by atoms with E-state index in [2.05, 4.69) is 10.00 Å². The van der Waals surface area contributed by atoms with Crippen molar-refractivity contribution in [1.82, 2.24) is 19.0 Å². The Morgan fingerprint density at radius 3 is 2.11 bits per heavy atom. The van der Waals surface area contributed by atoms with Crippen LogP contribution < -0.4 is 0 Å². The topological polar surface area (TPSA) is 58.4 Å². The molecule has 4 bridgehead atoms. The van der Waals surface area contributed by atoms with Crippen molar-refractivity contribution in [2.75, 3.05) is 26.2 Å². The number of aromatic nitrogens is 2. The van der Waals surface area contributed by atoms with Crippen LogP contribution in [0.5, 0.6) is 0 Å². The number of hydrogen-bond donors (Lipinski definition) is 0. The van der Waals surface area contributed by atoms with E-state index in [9.17, 15) is 8.42 Å². The van der Waals surface area contributed by atoms with Gasteiger partial charge in [-0.05, 0) is 69.6 Å². The fourth-order valence-electron chi connectivity index (χ4n) is 6.79. The molecule has 2 heterocycles. The molecule has 0 amide bonds. The fraction of sp³-hybridized carbons (Fsp3) is 0.850. The molecule has 150 valence electrons. The normalized spacial score (nSPS) is 37.2. The van der Waals surface area contributed by atoms with Crippen molar-refractivity contribution in [3.05, 3.63) is 11.9 Å². The molecule has 1 aromatic heterocycles. The highest BCUT2D eigenvalue weighted by atomic mass is 32.2. The van der Waals surface area contributed by atoms with Crippen LogP contribution in [-0.4, -0.2) is 59.6 Å². The van der Waals surface area contributed by atoms with E-state index >= 15 is 0 Å². The molecule has 1 aliphatic heterocycles. The Bertz CT molecular complexity index is 782. The van der Waals surface area contributed by atoms with Gasteiger partial charge in [-0.3, -0.25) is 9.58 Å². The van der Waals surface area contributed by atoms with Crippen LogP contribution in [0.1, 0.15) is 44.7 Å². The van der Waals surface area contributed by atoms with Crippen LogP contribution in [0.25, 0.3) is 0 Å². The zero-order valence-corrected chi connectivity index (χ0v) is 17.4. The molecule has 6 nitrogen and oxygen atoms in total. The lowest BCUT2D eigenvalue weighted by Crippen LogP contribution is -2.60. The highest BCUT2D eigenvalue weighted by Gasteiger charge is 2.50. The second-order valence-electron chi connectivity index (χ2n) is 9.30. The van der Waals surface area contributed by atoms with E-state index in [4.69, 9.17) is 0 Å². The Hall–Kier alpha value is -0.920. The van der Waals surface area contributed by atoms with E-state index in [-0.39, 0.29) is 0 Å². The van der Waals surface area contributed by atoms with Gasteiger partial charge in [0.15, 0.2) is 0 Å². The first-order chi connectivity index (χ1) is 13.0. The standard InChI is InChI=1S/C20H32N4O2S/c1-3-23-13-19(14(2)21-23)27(25,26)24-6-4-22(5-7-24)20-17-9-15-8-16(11-17)12-18(20)10-15/h13,15-18,20H,3-12H2,1-2H3. The van der Waals surface area contributed by atoms with Crippen molar-refractivity contribution < 1.29 is 8.42 Å². The SMILES string of the molecule is CCn1cc(S(=O)(=O)N2CCN(C3C4CC5CC(C4)CC3C5)CC2)c(C)n1. The number of rotatable bonds is 4. The van der Waals surface area contributed by atoms with Crippen LogP contribution in [0.2, 0.25) is 0 Å². The molecule has 0 aromatic carbocycles. The Kier molecular flexibility index (Phi) is 4.41. The van der Waals surface area contributed by atoms with Crippen molar-refractivity contribution in [1.29, 1.82) is 0 Å². The minimum atomic E-state index is -3.43. The first-order valence-electron chi connectivity index (χ1n) is 10.7. The highest BCUT2D eigenvalue weighted by molar-refractivity contribution is 7.89. The molecule has 0 unspecified atom stereocenters. The first-order valence-corrected chi connectivity index (χ1v) is 12.2. The fourth-order valence-corrected chi connectivity index (χ4v) is 8.38. The molecule has 7 heteroatoms. The van der Waals surface area contributed by atoms with Gasteiger partial charge < -0.3 is 0 Å². The summed E-state index contributed by atoms with van der Waals surface area (Å²) in [6.45, 7) is 7.46. The molecule has 0 N–H and O–H groups in total. The van der Waals surface area contributed by atoms with E-state index in [1.807, 2.05) is 6.92 Å². The molecular weight excluding hydrogens is 360 g/mol. The van der Waals surface area contributed by atoms with Gasteiger partial charge in [0, 0.05) is 45.0 Å². The third kappa shape index (κ3) is 2.97. The van der Waals surface area contributed by atoms with E-state index in [1.54, 1.807) is 22.1 Å². The highest BCUT2D eigenvalue weighted by Crippen LogP contribution is 2.55. The van der Waals surface area contributed by atoms with E-state index in [1.165, 1.54) is 32.1 Å². The summed E-state index contributed by atoms with van der Waals surface area (Å²) < 4.78 is 29.6. The van der Waals surface area contributed by atoms with Crippen LogP contribution >= 0.6 is 0 Å². The Labute approximate surface area is 162 Å². The van der Waals surface area contributed by atoms with Crippen molar-refractivity contribution in [3.8, 4) is 0 Å². The molecule has 1 aromatic rings. The zero-order chi connectivity index (χ0) is 18.8. The van der Waals surface area contributed by atoms with Crippen LogP contribution in [0.15, 0.2) is 11.1 Å². The summed E-state index contributed by atoms with van der Waals surface area (Å²) in [5, 5.41) is 4.33. The molecule has 5 fully saturated rings. The quantitative estimate of drug-likeness (QED) is 0.789. The number of hydrogen-bond acceptors (Lipinski definition) is 4. The van der Waals surface area contributed by atoms with Gasteiger partial charge in [-0.25, -0.2) is 8.42 Å². The molecule has 4 saturated carbocycles. The molecule has 5 aliphatic rings. The van der Waals surface area contributed by atoms with Gasteiger partial charge in [-0.1, -0.05) is 0 Å². The van der Waals surface area contributed by atoms with Gasteiger partial charge in [0.05, 0.1) is 5.69 Å². The Morgan fingerprint density at radius 2 is 1.59 bits per heavy atom. The maximum atomic E-state index is 13.1. The summed E-state index contributed by atoms with van der Waals surface area (Å²) in [4.78, 5) is 3.02. The van der Waals surface area contributed by atoms with Gasteiger partial charge in [-0.15, -0.1) is 0 Å². The smallest absolute Gasteiger partial charge is 0.246 e. The van der Waals surface area contributed by atoms with Gasteiger partial charge >= 0.3 is 0 Å². The summed E-state index contributed by atoms with van der Waals surface area (Å²) in [6.07, 6.45) is 8.86.